The van der Waals surface area contributed by atoms with E-state index in [4.69, 9.17) is 19.3 Å². The number of carbonyl (C=O) groups is 1. The topological polar surface area (TPSA) is 84.6 Å². The Morgan fingerprint density at radius 1 is 1.29 bits per heavy atom. The fourth-order valence-electron chi connectivity index (χ4n) is 4.40. The van der Waals surface area contributed by atoms with Crippen molar-refractivity contribution in [1.82, 2.24) is 14.3 Å². The average Bonchev–Trinajstić information content (AvgIpc) is 3.11. The van der Waals surface area contributed by atoms with Gasteiger partial charge >= 0.3 is 5.97 Å². The second-order valence-corrected chi connectivity index (χ2v) is 8.39. The van der Waals surface area contributed by atoms with E-state index in [0.717, 1.165) is 16.6 Å². The van der Waals surface area contributed by atoms with E-state index in [1.807, 2.05) is 27.4 Å². The number of carbonyl (C=O) groups excluding carboxylic acids is 1. The summed E-state index contributed by atoms with van der Waals surface area (Å²) in [6.07, 6.45) is 1.63. The molecule has 0 spiro atoms. The molecule has 4 rings (SSSR count). The first-order valence-corrected chi connectivity index (χ1v) is 10.3. The number of aromatic nitrogens is 3. The molecule has 0 bridgehead atoms. The lowest BCUT2D eigenvalue weighted by atomic mass is 9.83. The predicted molar refractivity (Wildman–Crippen MR) is 117 cm³/mol. The van der Waals surface area contributed by atoms with Crippen LogP contribution in [-0.2, 0) is 16.0 Å². The average molecular weight is 425 g/mol. The monoisotopic (exact) mass is 425 g/mol. The lowest BCUT2D eigenvalue weighted by molar-refractivity contribution is 0.0499. The van der Waals surface area contributed by atoms with Crippen molar-refractivity contribution in [2.24, 2.45) is 5.41 Å². The van der Waals surface area contributed by atoms with E-state index in [-0.39, 0.29) is 29.1 Å². The highest BCUT2D eigenvalue weighted by Crippen LogP contribution is 2.43. The summed E-state index contributed by atoms with van der Waals surface area (Å²) in [4.78, 5) is 25.3. The van der Waals surface area contributed by atoms with Crippen LogP contribution in [0.4, 0.5) is 0 Å². The molecule has 0 N–H and O–H groups in total. The molecule has 1 atom stereocenters. The van der Waals surface area contributed by atoms with Gasteiger partial charge in [0.15, 0.2) is 5.43 Å². The zero-order valence-electron chi connectivity index (χ0n) is 18.5. The summed E-state index contributed by atoms with van der Waals surface area (Å²) < 4.78 is 20.0. The third-order valence-electron chi connectivity index (χ3n) is 5.87. The van der Waals surface area contributed by atoms with E-state index in [0.29, 0.717) is 24.6 Å². The Hall–Kier alpha value is -3.13. The number of ether oxygens (including phenoxy) is 3. The van der Waals surface area contributed by atoms with Gasteiger partial charge in [-0.2, -0.15) is 5.10 Å². The maximum Gasteiger partial charge on any atom is 0.343 e. The molecule has 1 aromatic carbocycles. The van der Waals surface area contributed by atoms with Crippen LogP contribution in [0.2, 0.25) is 0 Å². The molecule has 8 nitrogen and oxygen atoms in total. The van der Waals surface area contributed by atoms with Crippen molar-refractivity contribution in [3.05, 3.63) is 46.2 Å². The normalized spacial score (nSPS) is 15.5. The second kappa shape index (κ2) is 7.85. The Morgan fingerprint density at radius 3 is 2.74 bits per heavy atom. The van der Waals surface area contributed by atoms with Gasteiger partial charge in [-0.25, -0.2) is 4.79 Å². The van der Waals surface area contributed by atoms with Gasteiger partial charge in [0.25, 0.3) is 0 Å². The minimum atomic E-state index is -0.614. The molecule has 0 aliphatic carbocycles. The van der Waals surface area contributed by atoms with Crippen LogP contribution >= 0.6 is 0 Å². The standard InChI is InChI=1S/C23H27N3O5/c1-6-31-22(28)15-11-25-16(10-17(15)27)21-14-8-7-9-18(30-5)20(14)24-26(21)12-19(25)23(2,3)13-29-4/h7-11,19H,6,12-13H2,1-5H3. The zero-order valence-corrected chi connectivity index (χ0v) is 18.5. The minimum absolute atomic E-state index is 0.0265. The number of nitrogens with zero attached hydrogens (tertiary/aromatic N) is 3. The summed E-state index contributed by atoms with van der Waals surface area (Å²) in [6, 6.07) is 7.13. The number of benzene rings is 1. The van der Waals surface area contributed by atoms with E-state index >= 15 is 0 Å². The van der Waals surface area contributed by atoms with Crippen LogP contribution in [-0.4, -0.2) is 47.8 Å². The lowest BCUT2D eigenvalue weighted by Gasteiger charge is -2.40. The van der Waals surface area contributed by atoms with Gasteiger partial charge in [0.05, 0.1) is 44.3 Å². The first-order chi connectivity index (χ1) is 14.8. The van der Waals surface area contributed by atoms with E-state index in [2.05, 4.69) is 13.8 Å². The zero-order chi connectivity index (χ0) is 22.3. The molecular weight excluding hydrogens is 398 g/mol. The molecule has 2 aromatic heterocycles. The molecule has 3 heterocycles. The predicted octanol–water partition coefficient (Wildman–Crippen LogP) is 3.28. The van der Waals surface area contributed by atoms with Crippen LogP contribution in [0, 0.1) is 5.41 Å². The van der Waals surface area contributed by atoms with Gasteiger partial charge in [-0.15, -0.1) is 0 Å². The van der Waals surface area contributed by atoms with Gasteiger partial charge in [-0.1, -0.05) is 26.0 Å². The summed E-state index contributed by atoms with van der Waals surface area (Å²) in [7, 11) is 3.28. The summed E-state index contributed by atoms with van der Waals surface area (Å²) in [6.45, 7) is 7.18. The third kappa shape index (κ3) is 3.40. The molecule has 31 heavy (non-hydrogen) atoms. The molecule has 0 radical (unpaired) electrons. The Balaban J connectivity index is 2.01. The Kier molecular flexibility index (Phi) is 5.35. The number of methoxy groups -OCH3 is 2. The van der Waals surface area contributed by atoms with Crippen LogP contribution in [0.1, 0.15) is 37.2 Å². The maximum atomic E-state index is 12.9. The van der Waals surface area contributed by atoms with Crippen molar-refractivity contribution in [3.8, 4) is 17.1 Å². The highest BCUT2D eigenvalue weighted by atomic mass is 16.5. The number of fused-ring (bicyclic) bond motifs is 5. The molecule has 0 fully saturated rings. The van der Waals surface area contributed by atoms with E-state index in [9.17, 15) is 9.59 Å². The quantitative estimate of drug-likeness (QED) is 0.564. The molecule has 1 aliphatic rings. The SMILES string of the molecule is CCOC(=O)c1cn2c(cc1=O)-c1c3cccc(OC)c3nn1CC2C(C)(C)COC. The van der Waals surface area contributed by atoms with E-state index in [1.54, 1.807) is 27.3 Å². The van der Waals surface area contributed by atoms with E-state index in [1.165, 1.54) is 6.07 Å². The van der Waals surface area contributed by atoms with Gasteiger partial charge in [-0.05, 0) is 13.0 Å². The van der Waals surface area contributed by atoms with Crippen molar-refractivity contribution >= 4 is 16.9 Å². The van der Waals surface area contributed by atoms with Crippen molar-refractivity contribution in [2.45, 2.75) is 33.4 Å². The largest absolute Gasteiger partial charge is 0.494 e. The number of rotatable bonds is 6. The Labute approximate surface area is 180 Å². The number of pyridine rings is 1. The van der Waals surface area contributed by atoms with Crippen LogP contribution in [0.3, 0.4) is 0 Å². The van der Waals surface area contributed by atoms with Crippen molar-refractivity contribution in [2.75, 3.05) is 27.4 Å². The minimum Gasteiger partial charge on any atom is -0.494 e. The molecule has 0 saturated carbocycles. The fraction of sp³-hybridized carbons (Fsp3) is 0.435. The summed E-state index contributed by atoms with van der Waals surface area (Å²) in [5.74, 6) is 0.0563. The smallest absolute Gasteiger partial charge is 0.343 e. The molecule has 164 valence electrons. The number of esters is 1. The Bertz CT molecular complexity index is 1210. The van der Waals surface area contributed by atoms with Crippen LogP contribution in [0.15, 0.2) is 35.3 Å². The number of hydrogen-bond donors (Lipinski definition) is 0. The lowest BCUT2D eigenvalue weighted by Crippen LogP contribution is -2.39. The van der Waals surface area contributed by atoms with Crippen molar-refractivity contribution in [1.29, 1.82) is 0 Å². The molecule has 0 saturated heterocycles. The molecule has 8 heteroatoms. The summed E-state index contributed by atoms with van der Waals surface area (Å²) >= 11 is 0. The maximum absolute atomic E-state index is 12.9. The van der Waals surface area contributed by atoms with Gasteiger partial charge in [0.2, 0.25) is 0 Å². The molecule has 1 unspecified atom stereocenters. The third-order valence-corrected chi connectivity index (χ3v) is 5.87. The number of hydrogen-bond acceptors (Lipinski definition) is 6. The van der Waals surface area contributed by atoms with Gasteiger partial charge in [0, 0.05) is 30.2 Å². The van der Waals surface area contributed by atoms with Crippen LogP contribution in [0.25, 0.3) is 22.3 Å². The van der Waals surface area contributed by atoms with Gasteiger partial charge < -0.3 is 18.8 Å². The molecule has 0 amide bonds. The molecular formula is C23H27N3O5. The van der Waals surface area contributed by atoms with Gasteiger partial charge in [0.1, 0.15) is 16.8 Å². The highest BCUT2D eigenvalue weighted by Gasteiger charge is 2.38. The van der Waals surface area contributed by atoms with Crippen molar-refractivity contribution in [3.63, 3.8) is 0 Å². The first kappa shape index (κ1) is 21.1. The molecule has 3 aromatic rings. The second-order valence-electron chi connectivity index (χ2n) is 8.39. The van der Waals surface area contributed by atoms with E-state index < -0.39 is 5.97 Å². The first-order valence-electron chi connectivity index (χ1n) is 10.3. The highest BCUT2D eigenvalue weighted by molar-refractivity contribution is 5.97. The molecule has 1 aliphatic heterocycles. The Morgan fingerprint density at radius 2 is 2.06 bits per heavy atom. The summed E-state index contributed by atoms with van der Waals surface area (Å²) in [5.41, 5.74) is 1.61. The van der Waals surface area contributed by atoms with Crippen LogP contribution < -0.4 is 10.2 Å². The summed E-state index contributed by atoms with van der Waals surface area (Å²) in [5, 5.41) is 5.70. The van der Waals surface area contributed by atoms with Crippen molar-refractivity contribution < 1.29 is 19.0 Å². The van der Waals surface area contributed by atoms with Gasteiger partial charge in [-0.3, -0.25) is 9.48 Å². The van der Waals surface area contributed by atoms with Crippen LogP contribution in [0.5, 0.6) is 5.75 Å². The fourth-order valence-corrected chi connectivity index (χ4v) is 4.40.